The summed E-state index contributed by atoms with van der Waals surface area (Å²) in [5, 5.41) is 7.89. The molecule has 0 bridgehead atoms. The molecule has 32 heavy (non-hydrogen) atoms. The van der Waals surface area contributed by atoms with Crippen molar-refractivity contribution in [2.45, 2.75) is 37.8 Å². The number of para-hydroxylation sites is 1. The fraction of sp³-hybridized carbons (Fsp3) is 0.261. The van der Waals surface area contributed by atoms with Crippen molar-refractivity contribution in [2.75, 3.05) is 10.6 Å². The van der Waals surface area contributed by atoms with Crippen LogP contribution >= 0.6 is 0 Å². The number of hydrogen-bond acceptors (Lipinski definition) is 7. The van der Waals surface area contributed by atoms with Crippen molar-refractivity contribution < 1.29 is 13.6 Å². The highest BCUT2D eigenvalue weighted by atomic mass is 19.1. The maximum absolute atomic E-state index is 14.7. The Kier molecular flexibility index (Phi) is 5.10. The molecule has 3 heterocycles. The topological polar surface area (TPSA) is 132 Å². The number of pyridine rings is 2. The zero-order valence-electron chi connectivity index (χ0n) is 17.3. The number of nitrogens with one attached hydrogen (secondary N) is 2. The second-order valence-electron chi connectivity index (χ2n) is 8.08. The highest BCUT2D eigenvalue weighted by Gasteiger charge is 2.24. The molecule has 3 aromatic heterocycles. The number of amides is 1. The summed E-state index contributed by atoms with van der Waals surface area (Å²) < 4.78 is 20.5. The number of carbonyl (C=O) groups is 1. The fourth-order valence-corrected chi connectivity index (χ4v) is 4.20. The first-order valence-electron chi connectivity index (χ1n) is 10.6. The van der Waals surface area contributed by atoms with Gasteiger partial charge in [-0.05, 0) is 31.0 Å². The Labute approximate surface area is 183 Å². The number of carbonyl (C=O) groups excluding carboxylic acids is 1. The Morgan fingerprint density at radius 2 is 1.94 bits per heavy atom. The molecule has 0 saturated heterocycles. The molecule has 0 spiro atoms. The van der Waals surface area contributed by atoms with Gasteiger partial charge in [0.2, 0.25) is 5.71 Å². The van der Waals surface area contributed by atoms with Gasteiger partial charge in [-0.2, -0.15) is 0 Å². The molecular formula is C23H23FN6O2. The van der Waals surface area contributed by atoms with Crippen LogP contribution in [0.5, 0.6) is 0 Å². The molecule has 0 unspecified atom stereocenters. The minimum atomic E-state index is -0.789. The smallest absolute Gasteiger partial charge is 0.252 e. The van der Waals surface area contributed by atoms with Gasteiger partial charge in [-0.25, -0.2) is 14.4 Å². The monoisotopic (exact) mass is 434 g/mol. The van der Waals surface area contributed by atoms with Crippen LogP contribution in [0.3, 0.4) is 0 Å². The summed E-state index contributed by atoms with van der Waals surface area (Å²) >= 11 is 0. The van der Waals surface area contributed by atoms with Crippen LogP contribution in [0.4, 0.5) is 21.7 Å². The van der Waals surface area contributed by atoms with Crippen LogP contribution in [0, 0.1) is 5.82 Å². The molecule has 1 aliphatic rings. The number of fused-ring (bicyclic) bond motifs is 3. The Bertz CT molecular complexity index is 1320. The number of primary amides is 1. The van der Waals surface area contributed by atoms with Crippen LogP contribution in [0.15, 0.2) is 47.0 Å². The Morgan fingerprint density at radius 1 is 1.12 bits per heavy atom. The number of hydrogen-bond donors (Lipinski definition) is 4. The first-order valence-corrected chi connectivity index (χ1v) is 10.6. The summed E-state index contributed by atoms with van der Waals surface area (Å²) in [5.41, 5.74) is 13.4. The van der Waals surface area contributed by atoms with E-state index in [2.05, 4.69) is 20.6 Å². The predicted molar refractivity (Wildman–Crippen MR) is 121 cm³/mol. The molecule has 1 aromatic carbocycles. The van der Waals surface area contributed by atoms with Crippen molar-refractivity contribution in [2.24, 2.45) is 11.5 Å². The molecule has 1 aliphatic carbocycles. The molecule has 5 rings (SSSR count). The van der Waals surface area contributed by atoms with Gasteiger partial charge in [-0.3, -0.25) is 4.79 Å². The second-order valence-corrected chi connectivity index (χ2v) is 8.08. The minimum absolute atomic E-state index is 0.0302. The van der Waals surface area contributed by atoms with Gasteiger partial charge in [0.25, 0.3) is 5.91 Å². The van der Waals surface area contributed by atoms with Gasteiger partial charge < -0.3 is 26.5 Å². The normalized spacial score (nSPS) is 18.7. The lowest BCUT2D eigenvalue weighted by Crippen LogP contribution is -2.43. The summed E-state index contributed by atoms with van der Waals surface area (Å²) in [6, 6.07) is 10.4. The third-order valence-electron chi connectivity index (χ3n) is 5.88. The molecule has 2 atom stereocenters. The summed E-state index contributed by atoms with van der Waals surface area (Å²) in [5.74, 6) is -1.28. The number of furan rings is 1. The van der Waals surface area contributed by atoms with Crippen LogP contribution in [0.1, 0.15) is 36.0 Å². The Hall–Kier alpha value is -3.72. The number of halogens is 1. The second kappa shape index (κ2) is 8.08. The van der Waals surface area contributed by atoms with Gasteiger partial charge in [-0.1, -0.05) is 31.0 Å². The molecule has 0 aliphatic heterocycles. The number of nitrogens with zero attached hydrogens (tertiary/aromatic N) is 2. The Balaban J connectivity index is 1.51. The average Bonchev–Trinajstić information content (AvgIpc) is 3.15. The third kappa shape index (κ3) is 3.71. The van der Waals surface area contributed by atoms with Gasteiger partial charge in [0.05, 0.1) is 22.8 Å². The summed E-state index contributed by atoms with van der Waals surface area (Å²) in [7, 11) is 0. The third-order valence-corrected chi connectivity index (χ3v) is 5.88. The standard InChI is InChI=1S/C23H23FN6O2/c24-16-10-15(20(26)31)21(30-22(16)29-18-7-3-2-6-17(18)25)28-12-9-14-13-5-1-4-8-19(13)32-23(14)27-11-12/h1,4-5,8-11,17-18H,2-3,6-7,25H2,(H2,26,31)(H2,28,29,30)/t17-,18+/m0/s1. The van der Waals surface area contributed by atoms with Crippen molar-refractivity contribution in [1.29, 1.82) is 0 Å². The van der Waals surface area contributed by atoms with E-state index in [1.165, 1.54) is 0 Å². The van der Waals surface area contributed by atoms with Gasteiger partial charge in [-0.15, -0.1) is 0 Å². The number of rotatable bonds is 5. The molecule has 4 aromatic rings. The lowest BCUT2D eigenvalue weighted by atomic mass is 9.91. The van der Waals surface area contributed by atoms with Gasteiger partial charge in [0, 0.05) is 17.5 Å². The first-order chi connectivity index (χ1) is 15.5. The zero-order valence-corrected chi connectivity index (χ0v) is 17.3. The molecular weight excluding hydrogens is 411 g/mol. The Morgan fingerprint density at radius 3 is 2.75 bits per heavy atom. The summed E-state index contributed by atoms with van der Waals surface area (Å²) in [6.07, 6.45) is 5.33. The van der Waals surface area contributed by atoms with Crippen LogP contribution in [0.25, 0.3) is 22.1 Å². The number of nitrogens with two attached hydrogens (primary N) is 2. The molecule has 8 nitrogen and oxygen atoms in total. The first kappa shape index (κ1) is 20.2. The predicted octanol–water partition coefficient (Wildman–Crippen LogP) is 4.04. The van der Waals surface area contributed by atoms with Crippen molar-refractivity contribution in [1.82, 2.24) is 9.97 Å². The van der Waals surface area contributed by atoms with Crippen molar-refractivity contribution >= 4 is 45.3 Å². The highest BCUT2D eigenvalue weighted by Crippen LogP contribution is 2.31. The largest absolute Gasteiger partial charge is 0.438 e. The minimum Gasteiger partial charge on any atom is -0.438 e. The molecule has 9 heteroatoms. The maximum Gasteiger partial charge on any atom is 0.252 e. The van der Waals surface area contributed by atoms with E-state index < -0.39 is 11.7 Å². The van der Waals surface area contributed by atoms with Crippen LogP contribution in [0.2, 0.25) is 0 Å². The number of aromatic nitrogens is 2. The maximum atomic E-state index is 14.7. The van der Waals surface area contributed by atoms with Crippen molar-refractivity contribution in [3.8, 4) is 0 Å². The van der Waals surface area contributed by atoms with E-state index in [-0.39, 0.29) is 29.3 Å². The molecule has 0 radical (unpaired) electrons. The highest BCUT2D eigenvalue weighted by molar-refractivity contribution is 6.05. The van der Waals surface area contributed by atoms with Gasteiger partial charge in [0.1, 0.15) is 11.4 Å². The number of anilines is 3. The molecule has 1 amide bonds. The molecule has 6 N–H and O–H groups in total. The van der Waals surface area contributed by atoms with Gasteiger partial charge >= 0.3 is 0 Å². The molecule has 1 saturated carbocycles. The lowest BCUT2D eigenvalue weighted by Gasteiger charge is -2.30. The fourth-order valence-electron chi connectivity index (χ4n) is 4.20. The van der Waals surface area contributed by atoms with E-state index in [0.717, 1.165) is 48.1 Å². The van der Waals surface area contributed by atoms with E-state index in [9.17, 15) is 9.18 Å². The van der Waals surface area contributed by atoms with E-state index in [1.54, 1.807) is 6.20 Å². The van der Waals surface area contributed by atoms with Crippen LogP contribution in [-0.4, -0.2) is 28.0 Å². The van der Waals surface area contributed by atoms with E-state index in [0.29, 0.717) is 11.4 Å². The van der Waals surface area contributed by atoms with E-state index in [1.807, 2.05) is 30.3 Å². The number of benzene rings is 1. The van der Waals surface area contributed by atoms with Crippen molar-refractivity contribution in [3.05, 3.63) is 54.0 Å². The average molecular weight is 434 g/mol. The zero-order chi connectivity index (χ0) is 22.2. The molecule has 164 valence electrons. The quantitative estimate of drug-likeness (QED) is 0.373. The van der Waals surface area contributed by atoms with E-state index >= 15 is 0 Å². The van der Waals surface area contributed by atoms with Crippen LogP contribution < -0.4 is 22.1 Å². The molecule has 1 fully saturated rings. The summed E-state index contributed by atoms with van der Waals surface area (Å²) in [6.45, 7) is 0. The van der Waals surface area contributed by atoms with Crippen LogP contribution in [-0.2, 0) is 0 Å². The van der Waals surface area contributed by atoms with Gasteiger partial charge in [0.15, 0.2) is 11.6 Å². The lowest BCUT2D eigenvalue weighted by molar-refractivity contribution is 0.100. The SMILES string of the molecule is NC(=O)c1cc(F)c(N[C@@H]2CCCC[C@@H]2N)nc1Nc1cnc2oc3ccccc3c2c1. The summed E-state index contributed by atoms with van der Waals surface area (Å²) in [4.78, 5) is 20.7. The van der Waals surface area contributed by atoms with Crippen molar-refractivity contribution in [3.63, 3.8) is 0 Å². The van der Waals surface area contributed by atoms with E-state index in [4.69, 9.17) is 15.9 Å².